The first kappa shape index (κ1) is 15.0. The standard InChI is InChI=1S/C13H15NO2.2ClH.Ru/c1-11-6-2-3-7-12(11)16-10-13(15)14-8-4-5-9-14;;;/h1-3,6-7H,4-5,8-10H2;2*1H;/q;;;+2/p-2. The first-order chi connectivity index (χ1) is 9.16. The number of rotatable bonds is 4. The first-order valence-corrected chi connectivity index (χ1v) is 11.5. The number of ether oxygens (including phenoxy) is 1. The molecule has 0 N–H and O–H groups in total. The van der Waals surface area contributed by atoms with E-state index in [-0.39, 0.29) is 12.5 Å². The number of amides is 1. The predicted molar refractivity (Wildman–Crippen MR) is 74.6 cm³/mol. The van der Waals surface area contributed by atoms with Crippen LogP contribution in [0.1, 0.15) is 18.4 Å². The van der Waals surface area contributed by atoms with Gasteiger partial charge in [-0.3, -0.25) is 0 Å². The predicted octanol–water partition coefficient (Wildman–Crippen LogP) is 2.76. The average molecular weight is 389 g/mol. The molecular weight excluding hydrogens is 374 g/mol. The Balaban J connectivity index is 1.99. The van der Waals surface area contributed by atoms with E-state index in [0.29, 0.717) is 5.75 Å². The molecule has 2 rings (SSSR count). The second kappa shape index (κ2) is 7.37. The Morgan fingerprint density at radius 2 is 2.00 bits per heavy atom. The molecule has 1 aliphatic rings. The van der Waals surface area contributed by atoms with Crippen molar-refractivity contribution in [2.24, 2.45) is 0 Å². The Bertz CT molecular complexity index is 483. The van der Waals surface area contributed by atoms with Gasteiger partial charge in [-0.1, -0.05) is 0 Å². The summed E-state index contributed by atoms with van der Waals surface area (Å²) in [5, 5.41) is 0. The number of hydrogen-bond donors (Lipinski definition) is 0. The summed E-state index contributed by atoms with van der Waals surface area (Å²) in [4.78, 5) is 13.7. The normalized spacial score (nSPS) is 15.3. The Hall–Kier alpha value is -0.437. The van der Waals surface area contributed by atoms with Crippen molar-refractivity contribution in [3.63, 3.8) is 0 Å². The number of likely N-dealkylation sites (tertiary alicyclic amines) is 1. The van der Waals surface area contributed by atoms with Crippen LogP contribution in [0.4, 0.5) is 0 Å². The number of hydrogen-bond acceptors (Lipinski definition) is 2. The Morgan fingerprint density at radius 3 is 2.68 bits per heavy atom. The molecule has 0 aromatic heterocycles. The molecule has 0 aliphatic carbocycles. The second-order valence-electron chi connectivity index (χ2n) is 4.22. The fourth-order valence-corrected chi connectivity index (χ4v) is 3.78. The minimum atomic E-state index is -1.89. The van der Waals surface area contributed by atoms with Crippen LogP contribution in [0.3, 0.4) is 0 Å². The van der Waals surface area contributed by atoms with Crippen LogP contribution >= 0.6 is 19.4 Å². The third-order valence-corrected chi connectivity index (χ3v) is 4.75. The molecule has 19 heavy (non-hydrogen) atoms. The molecule has 1 fully saturated rings. The quantitative estimate of drug-likeness (QED) is 0.742. The van der Waals surface area contributed by atoms with E-state index in [1.165, 1.54) is 0 Å². The number of carbonyl (C=O) groups is 1. The summed E-state index contributed by atoms with van der Waals surface area (Å²) in [5.74, 6) is 0.702. The molecule has 0 saturated carbocycles. The number of benzene rings is 1. The summed E-state index contributed by atoms with van der Waals surface area (Å²) in [7, 11) is 11.7. The van der Waals surface area contributed by atoms with Crippen LogP contribution in [0.2, 0.25) is 0 Å². The van der Waals surface area contributed by atoms with E-state index in [1.807, 2.05) is 33.8 Å². The topological polar surface area (TPSA) is 29.5 Å². The molecule has 3 nitrogen and oxygen atoms in total. The number of para-hydroxylation sites is 1. The number of halogens is 2. The van der Waals surface area contributed by atoms with Gasteiger partial charge in [-0.2, -0.15) is 0 Å². The molecule has 0 radical (unpaired) electrons. The van der Waals surface area contributed by atoms with Crippen LogP contribution in [-0.4, -0.2) is 35.1 Å². The van der Waals surface area contributed by atoms with Crippen molar-refractivity contribution in [1.29, 1.82) is 0 Å². The summed E-state index contributed by atoms with van der Waals surface area (Å²) >= 11 is -1.89. The van der Waals surface area contributed by atoms with Gasteiger partial charge in [0.25, 0.3) is 0 Å². The molecule has 1 heterocycles. The van der Waals surface area contributed by atoms with Gasteiger partial charge < -0.3 is 0 Å². The van der Waals surface area contributed by atoms with Crippen LogP contribution in [0.5, 0.6) is 5.75 Å². The van der Waals surface area contributed by atoms with E-state index >= 15 is 0 Å². The fourth-order valence-electron chi connectivity index (χ4n) is 1.98. The maximum atomic E-state index is 11.9. The van der Waals surface area contributed by atoms with Crippen molar-refractivity contribution in [2.45, 2.75) is 12.8 Å². The summed E-state index contributed by atoms with van der Waals surface area (Å²) in [6.45, 7) is 1.76. The van der Waals surface area contributed by atoms with Crippen molar-refractivity contribution in [1.82, 2.24) is 4.90 Å². The van der Waals surface area contributed by atoms with E-state index < -0.39 is 13.5 Å². The van der Waals surface area contributed by atoms with E-state index in [2.05, 4.69) is 0 Å². The molecule has 1 aliphatic heterocycles. The van der Waals surface area contributed by atoms with E-state index in [9.17, 15) is 4.79 Å². The van der Waals surface area contributed by atoms with E-state index in [4.69, 9.17) is 24.1 Å². The van der Waals surface area contributed by atoms with Crippen molar-refractivity contribution >= 4 is 29.9 Å². The van der Waals surface area contributed by atoms with Gasteiger partial charge in [-0.25, -0.2) is 0 Å². The van der Waals surface area contributed by atoms with Crippen LogP contribution in [0.15, 0.2) is 24.3 Å². The average Bonchev–Trinajstić information content (AvgIpc) is 2.90. The molecule has 0 unspecified atom stereocenters. The zero-order valence-corrected chi connectivity index (χ0v) is 13.5. The van der Waals surface area contributed by atoms with Gasteiger partial charge in [0.1, 0.15) is 0 Å². The SMILES string of the molecule is O=C(COc1ccccc1[CH]=[Ru]([Cl])[Cl])N1CCCC1. The molecular formula is C13H15Cl2NO2Ru. The maximum absolute atomic E-state index is 11.9. The molecule has 0 atom stereocenters. The zero-order valence-electron chi connectivity index (χ0n) is 10.3. The Labute approximate surface area is 125 Å². The van der Waals surface area contributed by atoms with Gasteiger partial charge in [0.2, 0.25) is 0 Å². The molecule has 1 saturated heterocycles. The van der Waals surface area contributed by atoms with Gasteiger partial charge in [0.05, 0.1) is 0 Å². The number of nitrogens with zero attached hydrogens (tertiary/aromatic N) is 1. The van der Waals surface area contributed by atoms with Crippen LogP contribution in [-0.2, 0) is 18.3 Å². The molecule has 1 aromatic rings. The van der Waals surface area contributed by atoms with E-state index in [0.717, 1.165) is 31.5 Å². The minimum absolute atomic E-state index is 0.0400. The van der Waals surface area contributed by atoms with Crippen LogP contribution in [0.25, 0.3) is 0 Å². The second-order valence-corrected chi connectivity index (χ2v) is 9.95. The third kappa shape index (κ3) is 4.55. The van der Waals surface area contributed by atoms with E-state index in [1.54, 1.807) is 0 Å². The third-order valence-electron chi connectivity index (χ3n) is 2.92. The summed E-state index contributed by atoms with van der Waals surface area (Å²) in [6, 6.07) is 7.48. The van der Waals surface area contributed by atoms with Crippen molar-refractivity contribution in [2.75, 3.05) is 19.7 Å². The van der Waals surface area contributed by atoms with Crippen LogP contribution < -0.4 is 4.74 Å². The molecule has 1 aromatic carbocycles. The van der Waals surface area contributed by atoms with Gasteiger partial charge in [0, 0.05) is 0 Å². The molecule has 6 heteroatoms. The molecule has 0 spiro atoms. The first-order valence-electron chi connectivity index (χ1n) is 5.99. The zero-order chi connectivity index (χ0) is 13.7. The summed E-state index contributed by atoms with van der Waals surface area (Å²) in [5.41, 5.74) is 0.862. The van der Waals surface area contributed by atoms with Crippen molar-refractivity contribution < 1.29 is 23.0 Å². The number of carbonyl (C=O) groups excluding carboxylic acids is 1. The van der Waals surface area contributed by atoms with Crippen LogP contribution in [0, 0.1) is 0 Å². The van der Waals surface area contributed by atoms with Crippen molar-refractivity contribution in [3.8, 4) is 5.75 Å². The van der Waals surface area contributed by atoms with Gasteiger partial charge >= 0.3 is 126 Å². The molecule has 1 amide bonds. The Morgan fingerprint density at radius 1 is 1.32 bits per heavy atom. The molecule has 106 valence electrons. The van der Waals surface area contributed by atoms with Gasteiger partial charge in [0.15, 0.2) is 0 Å². The fraction of sp³-hybridized carbons (Fsp3) is 0.385. The monoisotopic (exact) mass is 389 g/mol. The summed E-state index contributed by atoms with van der Waals surface area (Å²) in [6.07, 6.45) is 2.17. The van der Waals surface area contributed by atoms with Crippen molar-refractivity contribution in [3.05, 3.63) is 29.8 Å². The molecule has 0 bridgehead atoms. The summed E-state index contributed by atoms with van der Waals surface area (Å²) < 4.78 is 7.42. The van der Waals surface area contributed by atoms with Gasteiger partial charge in [-0.05, 0) is 0 Å². The van der Waals surface area contributed by atoms with Gasteiger partial charge in [-0.15, -0.1) is 0 Å². The Kier molecular flexibility index (Phi) is 5.81.